The SMILES string of the molecule is COc1ccc([C@@]23CC[C@@H](NC(=O)Nc4ccc(F)c(C(F)(F)F)c4)C[C@@H]2N(C2CCCCC2)CC3)cc1OC. The number of likely N-dealkylation sites (tertiary alicyclic amines) is 1. The first-order chi connectivity index (χ1) is 19.1. The van der Waals surface area contributed by atoms with Gasteiger partial charge in [-0.25, -0.2) is 9.18 Å². The maximum atomic E-state index is 13.7. The summed E-state index contributed by atoms with van der Waals surface area (Å²) in [7, 11) is 3.26. The van der Waals surface area contributed by atoms with E-state index in [9.17, 15) is 22.4 Å². The minimum Gasteiger partial charge on any atom is -0.493 e. The lowest BCUT2D eigenvalue weighted by Crippen LogP contribution is -2.55. The molecule has 0 aromatic heterocycles. The molecule has 1 heterocycles. The Morgan fingerprint density at radius 2 is 1.73 bits per heavy atom. The quantitative estimate of drug-likeness (QED) is 0.376. The van der Waals surface area contributed by atoms with Crippen molar-refractivity contribution in [1.29, 1.82) is 0 Å². The van der Waals surface area contributed by atoms with Crippen molar-refractivity contribution >= 4 is 11.7 Å². The van der Waals surface area contributed by atoms with E-state index < -0.39 is 23.6 Å². The van der Waals surface area contributed by atoms with Crippen molar-refractivity contribution in [3.63, 3.8) is 0 Å². The van der Waals surface area contributed by atoms with E-state index in [-0.39, 0.29) is 23.2 Å². The monoisotopic (exact) mass is 563 g/mol. The van der Waals surface area contributed by atoms with Crippen LogP contribution in [-0.4, -0.2) is 49.8 Å². The number of nitrogens with one attached hydrogen (secondary N) is 2. The highest BCUT2D eigenvalue weighted by Crippen LogP contribution is 2.51. The van der Waals surface area contributed by atoms with Gasteiger partial charge < -0.3 is 20.1 Å². The molecule has 1 saturated heterocycles. The van der Waals surface area contributed by atoms with Gasteiger partial charge in [0.15, 0.2) is 11.5 Å². The Morgan fingerprint density at radius 1 is 0.975 bits per heavy atom. The van der Waals surface area contributed by atoms with Crippen molar-refractivity contribution in [2.45, 2.75) is 87.5 Å². The van der Waals surface area contributed by atoms with Crippen LogP contribution in [0.4, 0.5) is 28.0 Å². The molecular formula is C30H37F4N3O3. The molecule has 3 aliphatic rings. The average Bonchev–Trinajstić information content (AvgIpc) is 3.33. The summed E-state index contributed by atoms with van der Waals surface area (Å²) in [5.74, 6) is 0.00509. The highest BCUT2D eigenvalue weighted by atomic mass is 19.4. The van der Waals surface area contributed by atoms with E-state index >= 15 is 0 Å². The van der Waals surface area contributed by atoms with Crippen LogP contribution in [0.3, 0.4) is 0 Å². The number of benzene rings is 2. The van der Waals surface area contributed by atoms with Gasteiger partial charge in [-0.1, -0.05) is 25.3 Å². The number of alkyl halides is 3. The lowest BCUT2D eigenvalue weighted by atomic mass is 9.64. The molecule has 3 atom stereocenters. The third-order valence-electron chi connectivity index (χ3n) is 9.17. The van der Waals surface area contributed by atoms with Crippen molar-refractivity contribution in [3.05, 3.63) is 53.3 Å². The van der Waals surface area contributed by atoms with Crippen molar-refractivity contribution in [2.75, 3.05) is 26.1 Å². The molecule has 10 heteroatoms. The third-order valence-corrected chi connectivity index (χ3v) is 9.17. The normalized spacial score (nSPS) is 25.8. The zero-order valence-electron chi connectivity index (χ0n) is 23.0. The standard InChI is InChI=1S/C30H37F4N3O3/c1-39-25-11-8-19(16-26(25)40-2)29-13-12-21(18-27(29)37(15-14-29)22-6-4-3-5-7-22)36-28(38)35-20-9-10-24(31)23(17-20)30(32,33)34/h8-11,16-17,21-22,27H,3-7,12-15,18H2,1-2H3,(H2,35,36,38)/t21-,27+,29+/m1/s1. The molecule has 5 rings (SSSR count). The zero-order valence-corrected chi connectivity index (χ0v) is 23.0. The number of amides is 2. The predicted molar refractivity (Wildman–Crippen MR) is 144 cm³/mol. The summed E-state index contributed by atoms with van der Waals surface area (Å²) in [5.41, 5.74) is -0.393. The van der Waals surface area contributed by atoms with Gasteiger partial charge >= 0.3 is 12.2 Å². The number of carbonyl (C=O) groups excluding carboxylic acids is 1. The summed E-state index contributed by atoms with van der Waals surface area (Å²) >= 11 is 0. The number of urea groups is 1. The molecule has 2 aromatic carbocycles. The Balaban J connectivity index is 1.35. The molecule has 0 spiro atoms. The first-order valence-electron chi connectivity index (χ1n) is 14.1. The molecule has 0 bridgehead atoms. The maximum Gasteiger partial charge on any atom is 0.419 e. The van der Waals surface area contributed by atoms with E-state index in [1.165, 1.54) is 37.7 Å². The van der Waals surface area contributed by atoms with Crippen LogP contribution >= 0.6 is 0 Å². The van der Waals surface area contributed by atoms with Crippen LogP contribution in [0.1, 0.15) is 68.9 Å². The molecule has 40 heavy (non-hydrogen) atoms. The molecule has 0 unspecified atom stereocenters. The fourth-order valence-electron chi connectivity index (χ4n) is 7.22. The van der Waals surface area contributed by atoms with E-state index in [4.69, 9.17) is 9.47 Å². The first kappa shape index (κ1) is 28.5. The Morgan fingerprint density at radius 3 is 2.42 bits per heavy atom. The van der Waals surface area contributed by atoms with Gasteiger partial charge in [-0.2, -0.15) is 13.2 Å². The summed E-state index contributed by atoms with van der Waals surface area (Å²) in [6.45, 7) is 0.985. The van der Waals surface area contributed by atoms with Crippen molar-refractivity contribution in [2.24, 2.45) is 0 Å². The molecule has 1 aliphatic heterocycles. The van der Waals surface area contributed by atoms with Gasteiger partial charge in [-0.3, -0.25) is 4.90 Å². The number of hydrogen-bond donors (Lipinski definition) is 2. The Kier molecular flexibility index (Phi) is 8.17. The van der Waals surface area contributed by atoms with Crippen molar-refractivity contribution in [3.8, 4) is 11.5 Å². The number of ether oxygens (including phenoxy) is 2. The second-order valence-corrected chi connectivity index (χ2v) is 11.3. The van der Waals surface area contributed by atoms with E-state index in [0.29, 0.717) is 23.6 Å². The fraction of sp³-hybridized carbons (Fsp3) is 0.567. The number of methoxy groups -OCH3 is 2. The first-order valence-corrected chi connectivity index (χ1v) is 14.1. The molecule has 2 saturated carbocycles. The number of fused-ring (bicyclic) bond motifs is 1. The highest BCUT2D eigenvalue weighted by molar-refractivity contribution is 5.89. The summed E-state index contributed by atoms with van der Waals surface area (Å²) in [5, 5.41) is 5.46. The van der Waals surface area contributed by atoms with Gasteiger partial charge in [0.05, 0.1) is 19.8 Å². The molecule has 2 N–H and O–H groups in total. The van der Waals surface area contributed by atoms with Crippen LogP contribution in [0.15, 0.2) is 36.4 Å². The third kappa shape index (κ3) is 5.60. The van der Waals surface area contributed by atoms with E-state index in [2.05, 4.69) is 27.7 Å². The molecule has 3 fully saturated rings. The largest absolute Gasteiger partial charge is 0.493 e. The Labute approximate surface area is 232 Å². The lowest BCUT2D eigenvalue weighted by Gasteiger charge is -2.47. The summed E-state index contributed by atoms with van der Waals surface area (Å²) in [4.78, 5) is 15.5. The number of nitrogens with zero attached hydrogens (tertiary/aromatic N) is 1. The zero-order chi connectivity index (χ0) is 28.5. The molecule has 2 amide bonds. The molecule has 6 nitrogen and oxygen atoms in total. The van der Waals surface area contributed by atoms with E-state index in [1.54, 1.807) is 14.2 Å². The lowest BCUT2D eigenvalue weighted by molar-refractivity contribution is -0.139. The molecular weight excluding hydrogens is 526 g/mol. The van der Waals surface area contributed by atoms with Gasteiger partial charge in [0, 0.05) is 29.2 Å². The maximum absolute atomic E-state index is 13.7. The Bertz CT molecular complexity index is 1220. The smallest absolute Gasteiger partial charge is 0.419 e. The minimum atomic E-state index is -4.85. The second kappa shape index (κ2) is 11.5. The van der Waals surface area contributed by atoms with Gasteiger partial charge in [-0.05, 0) is 81.0 Å². The number of rotatable bonds is 6. The molecule has 2 aromatic rings. The summed E-state index contributed by atoms with van der Waals surface area (Å²) in [6, 6.07) is 8.62. The van der Waals surface area contributed by atoms with Gasteiger partial charge in [0.2, 0.25) is 0 Å². The Hall–Kier alpha value is -3.01. The van der Waals surface area contributed by atoms with Gasteiger partial charge in [0.25, 0.3) is 0 Å². The van der Waals surface area contributed by atoms with Gasteiger partial charge in [-0.15, -0.1) is 0 Å². The number of carbonyl (C=O) groups is 1. The van der Waals surface area contributed by atoms with Crippen LogP contribution in [0.5, 0.6) is 11.5 Å². The number of hydrogen-bond acceptors (Lipinski definition) is 4. The van der Waals surface area contributed by atoms with Crippen molar-refractivity contribution in [1.82, 2.24) is 10.2 Å². The van der Waals surface area contributed by atoms with Crippen molar-refractivity contribution < 1.29 is 31.8 Å². The predicted octanol–water partition coefficient (Wildman–Crippen LogP) is 6.88. The summed E-state index contributed by atoms with van der Waals surface area (Å²) in [6.07, 6.45) is 4.53. The molecule has 218 valence electrons. The van der Waals surface area contributed by atoms with Crippen LogP contribution in [0, 0.1) is 5.82 Å². The van der Waals surface area contributed by atoms with Gasteiger partial charge in [0.1, 0.15) is 5.82 Å². The fourth-order valence-corrected chi connectivity index (χ4v) is 7.22. The average molecular weight is 564 g/mol. The van der Waals surface area contributed by atoms with E-state index in [0.717, 1.165) is 44.4 Å². The molecule has 2 aliphatic carbocycles. The van der Waals surface area contributed by atoms with Crippen LogP contribution < -0.4 is 20.1 Å². The van der Waals surface area contributed by atoms with Crippen LogP contribution in [0.25, 0.3) is 0 Å². The second-order valence-electron chi connectivity index (χ2n) is 11.3. The minimum absolute atomic E-state index is 0.0930. The van der Waals surface area contributed by atoms with Crippen LogP contribution in [-0.2, 0) is 11.6 Å². The topological polar surface area (TPSA) is 62.8 Å². The summed E-state index contributed by atoms with van der Waals surface area (Å²) < 4.78 is 64.2. The number of anilines is 1. The van der Waals surface area contributed by atoms with Crippen LogP contribution in [0.2, 0.25) is 0 Å². The number of halogens is 4. The highest BCUT2D eigenvalue weighted by Gasteiger charge is 2.53. The van der Waals surface area contributed by atoms with E-state index in [1.807, 2.05) is 6.07 Å². The molecule has 0 radical (unpaired) electrons.